The maximum Gasteiger partial charge on any atom is 0.173 e. The quantitative estimate of drug-likeness (QED) is 0.671. The highest BCUT2D eigenvalue weighted by molar-refractivity contribution is 9.10. The molecule has 0 N–H and O–H groups in total. The van der Waals surface area contributed by atoms with E-state index in [1.165, 1.54) is 0 Å². The van der Waals surface area contributed by atoms with E-state index in [0.29, 0.717) is 6.04 Å². The molecule has 0 aliphatic carbocycles. The third kappa shape index (κ3) is 2.73. The summed E-state index contributed by atoms with van der Waals surface area (Å²) in [5.41, 5.74) is 2.71. The molecule has 0 amide bonds. The minimum Gasteiger partial charge on any atom is -0.377 e. The van der Waals surface area contributed by atoms with Crippen molar-refractivity contribution >= 4 is 27.4 Å². The van der Waals surface area contributed by atoms with E-state index in [2.05, 4.69) is 55.2 Å². The van der Waals surface area contributed by atoms with Crippen molar-refractivity contribution in [3.05, 3.63) is 28.8 Å². The van der Waals surface area contributed by atoms with Crippen LogP contribution < -0.4 is 4.90 Å². The number of ether oxygens (including phenoxy) is 1. The topological polar surface area (TPSA) is 60.5 Å². The number of halogens is 1. The number of aryl methyl sites for hydroxylation is 2. The Morgan fingerprint density at radius 2 is 2.20 bits per heavy atom. The summed E-state index contributed by atoms with van der Waals surface area (Å²) >= 11 is 3.59. The van der Waals surface area contributed by atoms with Gasteiger partial charge in [0.25, 0.3) is 0 Å². The third-order valence-electron chi connectivity index (χ3n) is 4.66. The molecule has 3 aromatic rings. The lowest BCUT2D eigenvalue weighted by molar-refractivity contribution is 0.0984. The summed E-state index contributed by atoms with van der Waals surface area (Å²) in [5, 5.41) is 4.28. The second-order valence-electron chi connectivity index (χ2n) is 6.29. The first-order chi connectivity index (χ1) is 12.1. The van der Waals surface area contributed by atoms with Crippen LogP contribution in [0, 0.1) is 0 Å². The van der Waals surface area contributed by atoms with E-state index < -0.39 is 0 Å². The van der Waals surface area contributed by atoms with Crippen LogP contribution in [0.1, 0.15) is 19.7 Å². The molecule has 1 fully saturated rings. The van der Waals surface area contributed by atoms with E-state index in [1.807, 2.05) is 17.8 Å². The van der Waals surface area contributed by atoms with E-state index in [-0.39, 0.29) is 0 Å². The third-order valence-corrected chi connectivity index (χ3v) is 5.20. The zero-order valence-corrected chi connectivity index (χ0v) is 16.2. The van der Waals surface area contributed by atoms with Crippen LogP contribution in [-0.4, -0.2) is 49.9 Å². The van der Waals surface area contributed by atoms with Crippen molar-refractivity contribution in [2.45, 2.75) is 26.3 Å². The summed E-state index contributed by atoms with van der Waals surface area (Å²) in [6.07, 6.45) is 2.63. The Kier molecular flexibility index (Phi) is 4.24. The van der Waals surface area contributed by atoms with Crippen molar-refractivity contribution in [2.24, 2.45) is 7.05 Å². The summed E-state index contributed by atoms with van der Waals surface area (Å²) in [6, 6.07) is 4.42. The van der Waals surface area contributed by atoms with Gasteiger partial charge in [0, 0.05) is 32.3 Å². The lowest BCUT2D eigenvalue weighted by atomic mass is 10.2. The molecule has 4 heterocycles. The smallest absolute Gasteiger partial charge is 0.173 e. The molecule has 1 atom stereocenters. The molecular weight excluding hydrogens is 384 g/mol. The zero-order valence-electron chi connectivity index (χ0n) is 14.6. The highest BCUT2D eigenvalue weighted by atomic mass is 79.9. The van der Waals surface area contributed by atoms with Gasteiger partial charge in [-0.15, -0.1) is 0 Å². The molecule has 0 saturated carbocycles. The normalized spacial score (nSPS) is 18.2. The Hall–Kier alpha value is -1.93. The maximum absolute atomic E-state index is 5.62. The highest BCUT2D eigenvalue weighted by Crippen LogP contribution is 2.30. The van der Waals surface area contributed by atoms with Crippen LogP contribution in [0.15, 0.2) is 22.9 Å². The number of fused-ring (bicyclic) bond motifs is 1. The molecule has 0 radical (unpaired) electrons. The van der Waals surface area contributed by atoms with Crippen LogP contribution in [0.3, 0.4) is 0 Å². The van der Waals surface area contributed by atoms with Gasteiger partial charge in [-0.1, -0.05) is 6.92 Å². The van der Waals surface area contributed by atoms with Gasteiger partial charge in [0.1, 0.15) is 11.6 Å². The van der Waals surface area contributed by atoms with E-state index in [0.717, 1.165) is 59.5 Å². The van der Waals surface area contributed by atoms with Crippen molar-refractivity contribution in [1.29, 1.82) is 0 Å². The molecule has 7 nitrogen and oxygen atoms in total. The number of aromatic nitrogens is 5. The molecule has 8 heteroatoms. The van der Waals surface area contributed by atoms with E-state index >= 15 is 0 Å². The number of hydrogen-bond donors (Lipinski definition) is 0. The van der Waals surface area contributed by atoms with Gasteiger partial charge in [-0.05, 0) is 28.9 Å². The summed E-state index contributed by atoms with van der Waals surface area (Å²) in [6.45, 7) is 6.61. The molecule has 0 aromatic carbocycles. The van der Waals surface area contributed by atoms with Gasteiger partial charge in [-0.25, -0.2) is 9.97 Å². The first kappa shape index (κ1) is 16.5. The minimum absolute atomic E-state index is 0.296. The second-order valence-corrected chi connectivity index (χ2v) is 7.04. The first-order valence-electron chi connectivity index (χ1n) is 8.50. The van der Waals surface area contributed by atoms with Crippen molar-refractivity contribution in [3.63, 3.8) is 0 Å². The fraction of sp³-hybridized carbons (Fsp3) is 0.471. The molecule has 1 aliphatic rings. The summed E-state index contributed by atoms with van der Waals surface area (Å²) in [4.78, 5) is 11.9. The Labute approximate surface area is 154 Å². The molecule has 4 rings (SSSR count). The van der Waals surface area contributed by atoms with Crippen LogP contribution in [0.5, 0.6) is 0 Å². The molecule has 3 aromatic heterocycles. The maximum atomic E-state index is 5.62. The number of nitrogens with zero attached hydrogens (tertiary/aromatic N) is 6. The largest absolute Gasteiger partial charge is 0.377 e. The molecule has 25 heavy (non-hydrogen) atoms. The number of morpholine rings is 1. The minimum atomic E-state index is 0.296. The number of anilines is 1. The van der Waals surface area contributed by atoms with E-state index in [9.17, 15) is 0 Å². The van der Waals surface area contributed by atoms with Crippen molar-refractivity contribution < 1.29 is 4.74 Å². The van der Waals surface area contributed by atoms with Gasteiger partial charge in [0.15, 0.2) is 10.3 Å². The fourth-order valence-corrected chi connectivity index (χ4v) is 3.84. The summed E-state index contributed by atoms with van der Waals surface area (Å²) in [7, 11) is 1.93. The van der Waals surface area contributed by atoms with Crippen LogP contribution in [0.25, 0.3) is 17.0 Å². The molecule has 132 valence electrons. The van der Waals surface area contributed by atoms with Crippen molar-refractivity contribution in [1.82, 2.24) is 24.1 Å². The first-order valence-corrected chi connectivity index (χ1v) is 9.30. The monoisotopic (exact) mass is 404 g/mol. The Bertz CT molecular complexity index is 917. The Balaban J connectivity index is 1.98. The molecule has 0 bridgehead atoms. The standard InChI is InChI=1S/C17H21BrN6O/c1-4-14-21-16(18)17-20-12(13-5-6-19-22(13)3)9-15(24(14)17)23-7-8-25-10-11(23)2/h5-6,9,11H,4,7-8,10H2,1-3H3/t11-/m1/s1. The second kappa shape index (κ2) is 6.42. The Morgan fingerprint density at radius 3 is 2.88 bits per heavy atom. The molecule has 0 unspecified atom stereocenters. The van der Waals surface area contributed by atoms with Crippen molar-refractivity contribution in [3.8, 4) is 11.4 Å². The predicted octanol–water partition coefficient (Wildman–Crippen LogP) is 2.68. The summed E-state index contributed by atoms with van der Waals surface area (Å²) in [5.74, 6) is 2.10. The molecule has 1 aliphatic heterocycles. The van der Waals surface area contributed by atoms with Gasteiger partial charge in [-0.3, -0.25) is 9.08 Å². The molecule has 0 spiro atoms. The average Bonchev–Trinajstić information content (AvgIpc) is 3.18. The lowest BCUT2D eigenvalue weighted by Gasteiger charge is -2.35. The summed E-state index contributed by atoms with van der Waals surface area (Å²) < 4.78 is 10.4. The molecular formula is C17H21BrN6O. The van der Waals surface area contributed by atoms with Crippen molar-refractivity contribution in [2.75, 3.05) is 24.7 Å². The number of hydrogen-bond acceptors (Lipinski definition) is 5. The van der Waals surface area contributed by atoms with Crippen LogP contribution in [-0.2, 0) is 18.2 Å². The average molecular weight is 405 g/mol. The number of rotatable bonds is 3. The van der Waals surface area contributed by atoms with E-state index in [4.69, 9.17) is 9.72 Å². The van der Waals surface area contributed by atoms with Gasteiger partial charge < -0.3 is 9.64 Å². The fourth-order valence-electron chi connectivity index (χ4n) is 3.37. The highest BCUT2D eigenvalue weighted by Gasteiger charge is 2.25. The van der Waals surface area contributed by atoms with E-state index in [1.54, 1.807) is 6.20 Å². The molecule has 1 saturated heterocycles. The Morgan fingerprint density at radius 1 is 1.36 bits per heavy atom. The van der Waals surface area contributed by atoms with Gasteiger partial charge >= 0.3 is 0 Å². The lowest BCUT2D eigenvalue weighted by Crippen LogP contribution is -2.44. The number of imidazole rings is 1. The van der Waals surface area contributed by atoms with Gasteiger partial charge in [0.05, 0.1) is 30.6 Å². The van der Waals surface area contributed by atoms with Gasteiger partial charge in [0.2, 0.25) is 0 Å². The van der Waals surface area contributed by atoms with Crippen LogP contribution >= 0.6 is 15.9 Å². The predicted molar refractivity (Wildman–Crippen MR) is 99.9 cm³/mol. The SMILES string of the molecule is CCc1nc(Br)c2nc(-c3ccnn3C)cc(N3CCOC[C@H]3C)n12. The van der Waals surface area contributed by atoms with Crippen LogP contribution in [0.2, 0.25) is 0 Å². The zero-order chi connectivity index (χ0) is 17.6. The van der Waals surface area contributed by atoms with Gasteiger partial charge in [-0.2, -0.15) is 5.10 Å². The van der Waals surface area contributed by atoms with Crippen LogP contribution in [0.4, 0.5) is 5.82 Å².